The van der Waals surface area contributed by atoms with Gasteiger partial charge < -0.3 is 5.32 Å². The lowest BCUT2D eigenvalue weighted by Gasteiger charge is -2.09. The van der Waals surface area contributed by atoms with E-state index < -0.39 is 17.5 Å². The minimum Gasteiger partial charge on any atom is -0.376 e. The van der Waals surface area contributed by atoms with Crippen molar-refractivity contribution in [3.05, 3.63) is 65.0 Å². The van der Waals surface area contributed by atoms with Gasteiger partial charge in [-0.1, -0.05) is 29.8 Å². The maximum absolute atomic E-state index is 13.3. The molecule has 0 saturated heterocycles. The second-order valence-electron chi connectivity index (χ2n) is 4.08. The summed E-state index contributed by atoms with van der Waals surface area (Å²) in [6, 6.07) is 8.85. The second-order valence-corrected chi connectivity index (χ2v) is 4.08. The van der Waals surface area contributed by atoms with Crippen molar-refractivity contribution in [3.8, 4) is 0 Å². The smallest absolute Gasteiger partial charge is 0.152 e. The summed E-state index contributed by atoms with van der Waals surface area (Å²) in [5, 5.41) is 2.63. The van der Waals surface area contributed by atoms with Crippen LogP contribution in [0.4, 0.5) is 18.9 Å². The fourth-order valence-corrected chi connectivity index (χ4v) is 1.61. The van der Waals surface area contributed by atoms with Gasteiger partial charge in [-0.05, 0) is 12.5 Å². The molecule has 2 aromatic rings. The van der Waals surface area contributed by atoms with E-state index in [2.05, 4.69) is 5.32 Å². The van der Waals surface area contributed by atoms with Gasteiger partial charge in [0, 0.05) is 18.7 Å². The van der Waals surface area contributed by atoms with Crippen molar-refractivity contribution in [2.75, 3.05) is 5.32 Å². The van der Waals surface area contributed by atoms with Crippen LogP contribution in [0.1, 0.15) is 11.1 Å². The van der Waals surface area contributed by atoms with Gasteiger partial charge in [-0.2, -0.15) is 0 Å². The Morgan fingerprint density at radius 1 is 0.944 bits per heavy atom. The maximum Gasteiger partial charge on any atom is 0.152 e. The van der Waals surface area contributed by atoms with E-state index in [0.29, 0.717) is 12.1 Å². The van der Waals surface area contributed by atoms with Crippen molar-refractivity contribution < 1.29 is 13.2 Å². The van der Waals surface area contributed by atoms with E-state index in [9.17, 15) is 13.2 Å². The molecule has 94 valence electrons. The molecule has 0 spiro atoms. The number of aryl methyl sites for hydroxylation is 1. The van der Waals surface area contributed by atoms with Crippen LogP contribution in [0.25, 0.3) is 0 Å². The molecule has 0 aromatic heterocycles. The van der Waals surface area contributed by atoms with Gasteiger partial charge in [-0.3, -0.25) is 0 Å². The van der Waals surface area contributed by atoms with Crippen molar-refractivity contribution >= 4 is 5.69 Å². The van der Waals surface area contributed by atoms with Gasteiger partial charge in [0.1, 0.15) is 11.5 Å². The van der Waals surface area contributed by atoms with E-state index in [1.165, 1.54) is 0 Å². The lowest BCUT2D eigenvalue weighted by atomic mass is 10.1. The normalized spacial score (nSPS) is 10.4. The average Bonchev–Trinajstić information content (AvgIpc) is 2.30. The summed E-state index contributed by atoms with van der Waals surface area (Å²) < 4.78 is 39.4. The molecule has 0 aliphatic rings. The molecule has 0 atom stereocenters. The SMILES string of the molecule is Cc1ccc(CNc2c(F)cc(F)cc2F)cc1. The average molecular weight is 251 g/mol. The van der Waals surface area contributed by atoms with Crippen LogP contribution < -0.4 is 5.32 Å². The van der Waals surface area contributed by atoms with Crippen LogP contribution in [-0.4, -0.2) is 0 Å². The van der Waals surface area contributed by atoms with Crippen molar-refractivity contribution in [3.63, 3.8) is 0 Å². The Morgan fingerprint density at radius 2 is 1.50 bits per heavy atom. The Kier molecular flexibility index (Phi) is 3.55. The third-order valence-corrected chi connectivity index (χ3v) is 2.60. The van der Waals surface area contributed by atoms with E-state index in [1.54, 1.807) is 0 Å². The molecule has 4 heteroatoms. The number of rotatable bonds is 3. The Morgan fingerprint density at radius 3 is 2.06 bits per heavy atom. The Hall–Kier alpha value is -1.97. The Balaban J connectivity index is 2.13. The van der Waals surface area contributed by atoms with Crippen molar-refractivity contribution in [2.24, 2.45) is 0 Å². The van der Waals surface area contributed by atoms with Gasteiger partial charge in [0.05, 0.1) is 0 Å². The molecule has 1 nitrogen and oxygen atoms in total. The van der Waals surface area contributed by atoms with Crippen LogP contribution in [0.5, 0.6) is 0 Å². The molecule has 18 heavy (non-hydrogen) atoms. The predicted octanol–water partition coefficient (Wildman–Crippen LogP) is 4.02. The highest BCUT2D eigenvalue weighted by Gasteiger charge is 2.10. The minimum atomic E-state index is -0.931. The van der Waals surface area contributed by atoms with Gasteiger partial charge in [-0.15, -0.1) is 0 Å². The summed E-state index contributed by atoms with van der Waals surface area (Å²) in [5.41, 5.74) is 1.69. The molecular weight excluding hydrogens is 239 g/mol. The summed E-state index contributed by atoms with van der Waals surface area (Å²) in [6.07, 6.45) is 0. The second kappa shape index (κ2) is 5.12. The molecule has 0 aliphatic heterocycles. The zero-order valence-electron chi connectivity index (χ0n) is 9.81. The zero-order chi connectivity index (χ0) is 13.1. The summed E-state index contributed by atoms with van der Waals surface area (Å²) in [5.74, 6) is -2.79. The number of anilines is 1. The molecule has 0 unspecified atom stereocenters. The van der Waals surface area contributed by atoms with Crippen LogP contribution in [0, 0.1) is 24.4 Å². The van der Waals surface area contributed by atoms with Gasteiger partial charge in [0.2, 0.25) is 0 Å². The highest BCUT2D eigenvalue weighted by Crippen LogP contribution is 2.20. The molecular formula is C14H12F3N. The van der Waals surface area contributed by atoms with Crippen LogP contribution in [0.15, 0.2) is 36.4 Å². The van der Waals surface area contributed by atoms with E-state index >= 15 is 0 Å². The third-order valence-electron chi connectivity index (χ3n) is 2.60. The molecule has 0 radical (unpaired) electrons. The van der Waals surface area contributed by atoms with Crippen molar-refractivity contribution in [2.45, 2.75) is 13.5 Å². The number of halogens is 3. The van der Waals surface area contributed by atoms with Gasteiger partial charge >= 0.3 is 0 Å². The first-order valence-corrected chi connectivity index (χ1v) is 5.50. The van der Waals surface area contributed by atoms with Gasteiger partial charge in [-0.25, -0.2) is 13.2 Å². The Labute approximate surface area is 103 Å². The highest BCUT2D eigenvalue weighted by molar-refractivity contribution is 5.47. The molecule has 0 fully saturated rings. The zero-order valence-corrected chi connectivity index (χ0v) is 9.81. The predicted molar refractivity (Wildman–Crippen MR) is 64.8 cm³/mol. The number of benzene rings is 2. The van der Waals surface area contributed by atoms with Gasteiger partial charge in [0.15, 0.2) is 11.6 Å². The first kappa shape index (κ1) is 12.5. The fourth-order valence-electron chi connectivity index (χ4n) is 1.61. The van der Waals surface area contributed by atoms with Crippen molar-refractivity contribution in [1.29, 1.82) is 0 Å². The summed E-state index contributed by atoms with van der Waals surface area (Å²) in [7, 11) is 0. The van der Waals surface area contributed by atoms with Crippen LogP contribution in [0.2, 0.25) is 0 Å². The largest absolute Gasteiger partial charge is 0.376 e. The topological polar surface area (TPSA) is 12.0 Å². The van der Waals surface area contributed by atoms with Crippen LogP contribution in [0.3, 0.4) is 0 Å². The number of hydrogen-bond acceptors (Lipinski definition) is 1. The summed E-state index contributed by atoms with van der Waals surface area (Å²) in [4.78, 5) is 0. The van der Waals surface area contributed by atoms with Crippen molar-refractivity contribution in [1.82, 2.24) is 0 Å². The quantitative estimate of drug-likeness (QED) is 0.868. The van der Waals surface area contributed by atoms with Crippen LogP contribution >= 0.6 is 0 Å². The first-order chi connectivity index (χ1) is 8.56. The molecule has 0 bridgehead atoms. The maximum atomic E-state index is 13.3. The van der Waals surface area contributed by atoms with Crippen LogP contribution in [-0.2, 0) is 6.54 Å². The van der Waals surface area contributed by atoms with E-state index in [4.69, 9.17) is 0 Å². The summed E-state index contributed by atoms with van der Waals surface area (Å²) >= 11 is 0. The molecule has 0 amide bonds. The lowest BCUT2D eigenvalue weighted by molar-refractivity contribution is 0.547. The van der Waals surface area contributed by atoms with E-state index in [-0.39, 0.29) is 12.2 Å². The molecule has 2 rings (SSSR count). The molecule has 1 N–H and O–H groups in total. The molecule has 0 heterocycles. The number of nitrogens with one attached hydrogen (secondary N) is 1. The lowest BCUT2D eigenvalue weighted by Crippen LogP contribution is -2.04. The van der Waals surface area contributed by atoms with E-state index in [1.807, 2.05) is 31.2 Å². The fraction of sp³-hybridized carbons (Fsp3) is 0.143. The monoisotopic (exact) mass is 251 g/mol. The summed E-state index contributed by atoms with van der Waals surface area (Å²) in [6.45, 7) is 2.23. The standard InChI is InChI=1S/C14H12F3N/c1-9-2-4-10(5-3-9)8-18-14-12(16)6-11(15)7-13(14)17/h2-7,18H,8H2,1H3. The molecule has 0 saturated carbocycles. The molecule has 2 aromatic carbocycles. The first-order valence-electron chi connectivity index (χ1n) is 5.50. The highest BCUT2D eigenvalue weighted by atomic mass is 19.1. The van der Waals surface area contributed by atoms with Gasteiger partial charge in [0.25, 0.3) is 0 Å². The molecule has 0 aliphatic carbocycles. The minimum absolute atomic E-state index is 0.278. The Bertz CT molecular complexity index is 526. The van der Waals surface area contributed by atoms with E-state index in [0.717, 1.165) is 11.1 Å². The third kappa shape index (κ3) is 2.83. The number of hydrogen-bond donors (Lipinski definition) is 1.